The van der Waals surface area contributed by atoms with Crippen LogP contribution in [-0.2, 0) is 16.6 Å². The molecule has 0 atom stereocenters. The fraction of sp³-hybridized carbons (Fsp3) is 0.286. The molecular weight excluding hydrogens is 282 g/mol. The molecular formula is C21H25NO. The van der Waals surface area contributed by atoms with E-state index < -0.39 is 0 Å². The van der Waals surface area contributed by atoms with Crippen molar-refractivity contribution in [3.05, 3.63) is 71.3 Å². The second-order valence-electron chi connectivity index (χ2n) is 6.75. The number of anilines is 1. The molecule has 0 saturated carbocycles. The van der Waals surface area contributed by atoms with Gasteiger partial charge in [0.25, 0.3) is 0 Å². The molecule has 0 radical (unpaired) electrons. The van der Waals surface area contributed by atoms with Gasteiger partial charge in [-0.15, -0.1) is 0 Å². The van der Waals surface area contributed by atoms with Crippen LogP contribution in [0.3, 0.4) is 0 Å². The van der Waals surface area contributed by atoms with Gasteiger partial charge in [0, 0.05) is 11.8 Å². The maximum atomic E-state index is 12.0. The highest BCUT2D eigenvalue weighted by Crippen LogP contribution is 2.23. The minimum Gasteiger partial charge on any atom is -0.323 e. The first-order chi connectivity index (χ1) is 10.9. The number of aryl methyl sites for hydroxylation is 1. The third kappa shape index (κ3) is 5.10. The van der Waals surface area contributed by atoms with E-state index in [0.29, 0.717) is 0 Å². The first-order valence-electron chi connectivity index (χ1n) is 8.07. The molecule has 0 aromatic heterocycles. The summed E-state index contributed by atoms with van der Waals surface area (Å²) in [6, 6.07) is 16.2. The summed E-state index contributed by atoms with van der Waals surface area (Å²) in [6.45, 7) is 8.65. The number of carbonyl (C=O) groups is 1. The maximum Gasteiger partial charge on any atom is 0.248 e. The van der Waals surface area contributed by atoms with Crippen LogP contribution in [0, 0.1) is 0 Å². The smallest absolute Gasteiger partial charge is 0.248 e. The van der Waals surface area contributed by atoms with Gasteiger partial charge in [0.15, 0.2) is 0 Å². The van der Waals surface area contributed by atoms with Crippen LogP contribution in [-0.4, -0.2) is 5.91 Å². The number of nitrogens with one attached hydrogen (secondary N) is 1. The Bertz CT molecular complexity index is 673. The van der Waals surface area contributed by atoms with Crippen LogP contribution in [0.2, 0.25) is 0 Å². The van der Waals surface area contributed by atoms with Crippen LogP contribution in [0.5, 0.6) is 0 Å². The number of amides is 1. The highest BCUT2D eigenvalue weighted by atomic mass is 16.1. The van der Waals surface area contributed by atoms with Gasteiger partial charge in [-0.05, 0) is 46.7 Å². The Morgan fingerprint density at radius 2 is 1.61 bits per heavy atom. The zero-order chi connectivity index (χ0) is 16.9. The van der Waals surface area contributed by atoms with Crippen molar-refractivity contribution in [2.75, 3.05) is 5.32 Å². The van der Waals surface area contributed by atoms with Crippen molar-refractivity contribution in [2.45, 2.75) is 39.5 Å². The lowest BCUT2D eigenvalue weighted by molar-refractivity contribution is -0.111. The van der Waals surface area contributed by atoms with Crippen LogP contribution in [0.15, 0.2) is 54.6 Å². The molecule has 0 bridgehead atoms. The number of rotatable bonds is 4. The van der Waals surface area contributed by atoms with Gasteiger partial charge >= 0.3 is 0 Å². The third-order valence-corrected chi connectivity index (χ3v) is 3.83. The summed E-state index contributed by atoms with van der Waals surface area (Å²) in [5.74, 6) is -0.118. The Morgan fingerprint density at radius 3 is 2.13 bits per heavy atom. The normalized spacial score (nSPS) is 11.7. The maximum absolute atomic E-state index is 12.0. The van der Waals surface area contributed by atoms with Gasteiger partial charge in [-0.3, -0.25) is 4.79 Å². The van der Waals surface area contributed by atoms with Crippen molar-refractivity contribution in [1.29, 1.82) is 0 Å². The van der Waals surface area contributed by atoms with Crippen molar-refractivity contribution in [3.63, 3.8) is 0 Å². The van der Waals surface area contributed by atoms with Gasteiger partial charge in [0.2, 0.25) is 5.91 Å². The Balaban J connectivity index is 1.97. The minimum absolute atomic E-state index is 0.118. The van der Waals surface area contributed by atoms with Crippen molar-refractivity contribution < 1.29 is 4.79 Å². The van der Waals surface area contributed by atoms with E-state index in [-0.39, 0.29) is 11.3 Å². The van der Waals surface area contributed by atoms with E-state index in [4.69, 9.17) is 0 Å². The lowest BCUT2D eigenvalue weighted by atomic mass is 9.87. The van der Waals surface area contributed by atoms with Gasteiger partial charge in [-0.2, -0.15) is 0 Å². The van der Waals surface area contributed by atoms with Crippen LogP contribution >= 0.6 is 0 Å². The van der Waals surface area contributed by atoms with Crippen molar-refractivity contribution in [3.8, 4) is 0 Å². The highest BCUT2D eigenvalue weighted by molar-refractivity contribution is 6.01. The van der Waals surface area contributed by atoms with E-state index in [9.17, 15) is 4.79 Å². The molecule has 0 spiro atoms. The van der Waals surface area contributed by atoms with Crippen LogP contribution in [0.25, 0.3) is 6.08 Å². The Morgan fingerprint density at radius 1 is 1.00 bits per heavy atom. The molecule has 2 nitrogen and oxygen atoms in total. The van der Waals surface area contributed by atoms with Gasteiger partial charge < -0.3 is 5.32 Å². The average molecular weight is 307 g/mol. The summed E-state index contributed by atoms with van der Waals surface area (Å²) >= 11 is 0. The monoisotopic (exact) mass is 307 g/mol. The molecule has 0 unspecified atom stereocenters. The van der Waals surface area contributed by atoms with Gasteiger partial charge in [0.05, 0.1) is 0 Å². The molecule has 0 fully saturated rings. The predicted octanol–water partition coefficient (Wildman–Crippen LogP) is 5.20. The predicted molar refractivity (Wildman–Crippen MR) is 98.6 cm³/mol. The van der Waals surface area contributed by atoms with Crippen LogP contribution in [0.4, 0.5) is 5.69 Å². The summed E-state index contributed by atoms with van der Waals surface area (Å²) in [6.07, 6.45) is 4.42. The second kappa shape index (κ2) is 7.28. The lowest BCUT2D eigenvalue weighted by Gasteiger charge is -2.19. The fourth-order valence-corrected chi connectivity index (χ4v) is 2.27. The molecule has 1 amide bonds. The van der Waals surface area contributed by atoms with Gasteiger partial charge in [-0.1, -0.05) is 64.1 Å². The van der Waals surface area contributed by atoms with Crippen molar-refractivity contribution >= 4 is 17.7 Å². The van der Waals surface area contributed by atoms with Crippen molar-refractivity contribution in [2.24, 2.45) is 0 Å². The molecule has 0 aliphatic carbocycles. The van der Waals surface area contributed by atoms with E-state index in [1.807, 2.05) is 30.3 Å². The molecule has 0 aliphatic heterocycles. The van der Waals surface area contributed by atoms with E-state index in [0.717, 1.165) is 17.7 Å². The Hall–Kier alpha value is -2.35. The SMILES string of the molecule is CCc1ccc(/C=C/C(=O)Nc2ccc(C(C)(C)C)cc2)cc1. The summed E-state index contributed by atoms with van der Waals surface area (Å²) in [5, 5.41) is 2.89. The largest absolute Gasteiger partial charge is 0.323 e. The van der Waals surface area contributed by atoms with E-state index >= 15 is 0 Å². The van der Waals surface area contributed by atoms with Gasteiger partial charge in [0.1, 0.15) is 0 Å². The Labute approximate surface area is 139 Å². The molecule has 23 heavy (non-hydrogen) atoms. The quantitative estimate of drug-likeness (QED) is 0.773. The van der Waals surface area contributed by atoms with Crippen molar-refractivity contribution in [1.82, 2.24) is 0 Å². The van der Waals surface area contributed by atoms with Gasteiger partial charge in [-0.25, -0.2) is 0 Å². The first kappa shape index (κ1) is 17.0. The molecule has 2 heteroatoms. The summed E-state index contributed by atoms with van der Waals surface area (Å²) in [5.41, 5.74) is 4.51. The third-order valence-electron chi connectivity index (χ3n) is 3.83. The molecule has 2 aromatic carbocycles. The average Bonchev–Trinajstić information content (AvgIpc) is 2.53. The lowest BCUT2D eigenvalue weighted by Crippen LogP contribution is -2.12. The Kier molecular flexibility index (Phi) is 5.38. The topological polar surface area (TPSA) is 29.1 Å². The summed E-state index contributed by atoms with van der Waals surface area (Å²) < 4.78 is 0. The number of hydrogen-bond donors (Lipinski definition) is 1. The molecule has 0 saturated heterocycles. The number of benzene rings is 2. The molecule has 2 rings (SSSR count). The minimum atomic E-state index is -0.118. The highest BCUT2D eigenvalue weighted by Gasteiger charge is 2.12. The zero-order valence-corrected chi connectivity index (χ0v) is 14.4. The first-order valence-corrected chi connectivity index (χ1v) is 8.07. The fourth-order valence-electron chi connectivity index (χ4n) is 2.27. The van der Waals surface area contributed by atoms with E-state index in [1.165, 1.54) is 11.1 Å². The summed E-state index contributed by atoms with van der Waals surface area (Å²) in [7, 11) is 0. The standard InChI is InChI=1S/C21H25NO/c1-5-16-6-8-17(9-7-16)10-15-20(23)22-19-13-11-18(12-14-19)21(2,3)4/h6-15H,5H2,1-4H3,(H,22,23)/b15-10+. The number of hydrogen-bond acceptors (Lipinski definition) is 1. The van der Waals surface area contributed by atoms with Crippen LogP contribution in [0.1, 0.15) is 44.4 Å². The summed E-state index contributed by atoms with van der Waals surface area (Å²) in [4.78, 5) is 12.0. The molecule has 120 valence electrons. The van der Waals surface area contributed by atoms with Crippen LogP contribution < -0.4 is 5.32 Å². The molecule has 1 N–H and O–H groups in total. The molecule has 0 aliphatic rings. The van der Waals surface area contributed by atoms with E-state index in [2.05, 4.69) is 57.3 Å². The zero-order valence-electron chi connectivity index (χ0n) is 14.4. The number of carbonyl (C=O) groups excluding carboxylic acids is 1. The van der Waals surface area contributed by atoms with E-state index in [1.54, 1.807) is 6.08 Å². The molecule has 0 heterocycles. The molecule has 2 aromatic rings. The second-order valence-corrected chi connectivity index (χ2v) is 6.75.